The van der Waals surface area contributed by atoms with Crippen molar-refractivity contribution >= 4 is 46.1 Å². The van der Waals surface area contributed by atoms with Crippen LogP contribution in [0.3, 0.4) is 0 Å². The zero-order valence-electron chi connectivity index (χ0n) is 13.4. The van der Waals surface area contributed by atoms with Gasteiger partial charge in [0.1, 0.15) is 0 Å². The van der Waals surface area contributed by atoms with Gasteiger partial charge in [-0.2, -0.15) is 0 Å². The summed E-state index contributed by atoms with van der Waals surface area (Å²) in [6, 6.07) is 11.7. The Bertz CT molecular complexity index is 771. The highest BCUT2D eigenvalue weighted by atomic mass is 35.5. The fraction of sp³-hybridized carbons (Fsp3) is 0.263. The number of hydrogen-bond acceptors (Lipinski definition) is 2. The van der Waals surface area contributed by atoms with Crippen LogP contribution in [0, 0.1) is 0 Å². The van der Waals surface area contributed by atoms with Crippen molar-refractivity contribution < 1.29 is 0 Å². The first-order chi connectivity index (χ1) is 11.5. The largest absolute Gasteiger partial charge is 0.377 e. The van der Waals surface area contributed by atoms with Crippen molar-refractivity contribution in [1.29, 1.82) is 0 Å². The van der Waals surface area contributed by atoms with Crippen LogP contribution < -0.4 is 10.6 Å². The standard InChI is InChI=1S/C19H19Cl3N2/c1-12(16-4-3-15(20)11-18(16)22)24-19-10-14(2-5-17(19)21)13-6-8-23-9-7-13/h2-6,10-12,23-24H,7-9H2,1H3/t12-/m1/s1. The van der Waals surface area contributed by atoms with Gasteiger partial charge in [-0.1, -0.05) is 53.0 Å². The minimum absolute atomic E-state index is 0.0181. The van der Waals surface area contributed by atoms with E-state index in [0.29, 0.717) is 15.1 Å². The van der Waals surface area contributed by atoms with Crippen molar-refractivity contribution in [3.63, 3.8) is 0 Å². The normalized spacial score (nSPS) is 15.8. The van der Waals surface area contributed by atoms with Crippen LogP contribution >= 0.6 is 34.8 Å². The fourth-order valence-electron chi connectivity index (χ4n) is 2.88. The minimum Gasteiger partial charge on any atom is -0.377 e. The van der Waals surface area contributed by atoms with Gasteiger partial charge < -0.3 is 10.6 Å². The van der Waals surface area contributed by atoms with Gasteiger partial charge in [0.05, 0.1) is 16.8 Å². The maximum Gasteiger partial charge on any atom is 0.0638 e. The minimum atomic E-state index is 0.0181. The van der Waals surface area contributed by atoms with E-state index in [1.165, 1.54) is 11.1 Å². The van der Waals surface area contributed by atoms with Crippen molar-refractivity contribution in [3.8, 4) is 0 Å². The average molecular weight is 382 g/mol. The summed E-state index contributed by atoms with van der Waals surface area (Å²) in [5.41, 5.74) is 4.46. The zero-order valence-corrected chi connectivity index (χ0v) is 15.6. The Kier molecular flexibility index (Phi) is 5.72. The molecule has 0 bridgehead atoms. The molecule has 126 valence electrons. The lowest BCUT2D eigenvalue weighted by Crippen LogP contribution is -2.20. The van der Waals surface area contributed by atoms with Gasteiger partial charge in [-0.25, -0.2) is 0 Å². The third-order valence-electron chi connectivity index (χ3n) is 4.20. The Morgan fingerprint density at radius 3 is 2.58 bits per heavy atom. The lowest BCUT2D eigenvalue weighted by Gasteiger charge is -2.20. The summed E-state index contributed by atoms with van der Waals surface area (Å²) in [6.07, 6.45) is 3.26. The molecule has 1 aliphatic rings. The molecule has 0 amide bonds. The van der Waals surface area contributed by atoms with Crippen LogP contribution in [0.2, 0.25) is 15.1 Å². The Balaban J connectivity index is 1.84. The quantitative estimate of drug-likeness (QED) is 0.659. The SMILES string of the molecule is C[C@@H](Nc1cc(C2=CCNCC2)ccc1Cl)c1ccc(Cl)cc1Cl. The van der Waals surface area contributed by atoms with Gasteiger partial charge in [0.25, 0.3) is 0 Å². The van der Waals surface area contributed by atoms with Gasteiger partial charge >= 0.3 is 0 Å². The lowest BCUT2D eigenvalue weighted by atomic mass is 9.99. The second-order valence-electron chi connectivity index (χ2n) is 5.91. The Hall–Kier alpha value is -1.19. The molecule has 0 saturated carbocycles. The summed E-state index contributed by atoms with van der Waals surface area (Å²) in [4.78, 5) is 0. The van der Waals surface area contributed by atoms with E-state index in [1.807, 2.05) is 18.2 Å². The summed E-state index contributed by atoms with van der Waals surface area (Å²) in [6.45, 7) is 3.98. The first-order valence-electron chi connectivity index (χ1n) is 7.96. The van der Waals surface area contributed by atoms with Gasteiger partial charge in [0.2, 0.25) is 0 Å². The Morgan fingerprint density at radius 2 is 1.88 bits per heavy atom. The molecule has 0 aliphatic carbocycles. The molecular formula is C19H19Cl3N2. The number of benzene rings is 2. The van der Waals surface area contributed by atoms with E-state index in [1.54, 1.807) is 6.07 Å². The van der Waals surface area contributed by atoms with Gasteiger partial charge in [-0.15, -0.1) is 0 Å². The molecule has 1 aliphatic heterocycles. The average Bonchev–Trinajstić information content (AvgIpc) is 2.57. The maximum absolute atomic E-state index is 6.38. The topological polar surface area (TPSA) is 24.1 Å². The molecule has 1 heterocycles. The van der Waals surface area contributed by atoms with Gasteiger partial charge in [-0.05, 0) is 60.9 Å². The van der Waals surface area contributed by atoms with E-state index in [2.05, 4.69) is 35.8 Å². The van der Waals surface area contributed by atoms with E-state index in [-0.39, 0.29) is 6.04 Å². The van der Waals surface area contributed by atoms with E-state index in [0.717, 1.165) is 30.8 Å². The fourth-order valence-corrected chi connectivity index (χ4v) is 3.63. The second kappa shape index (κ2) is 7.79. The van der Waals surface area contributed by atoms with Crippen molar-refractivity contribution in [1.82, 2.24) is 5.32 Å². The van der Waals surface area contributed by atoms with Crippen molar-refractivity contribution in [3.05, 3.63) is 68.7 Å². The molecule has 0 saturated heterocycles. The highest BCUT2D eigenvalue weighted by Crippen LogP contribution is 2.33. The van der Waals surface area contributed by atoms with Gasteiger partial charge in [-0.3, -0.25) is 0 Å². The van der Waals surface area contributed by atoms with Crippen LogP contribution in [0.1, 0.15) is 30.5 Å². The smallest absolute Gasteiger partial charge is 0.0638 e. The van der Waals surface area contributed by atoms with Crippen LogP contribution in [0.4, 0.5) is 5.69 Å². The number of rotatable bonds is 4. The molecule has 0 radical (unpaired) electrons. The Labute approximate surface area is 157 Å². The molecule has 0 spiro atoms. The molecule has 0 fully saturated rings. The monoisotopic (exact) mass is 380 g/mol. The van der Waals surface area contributed by atoms with Crippen LogP contribution in [-0.2, 0) is 0 Å². The highest BCUT2D eigenvalue weighted by Gasteiger charge is 2.13. The molecule has 24 heavy (non-hydrogen) atoms. The molecule has 2 aromatic carbocycles. The highest BCUT2D eigenvalue weighted by molar-refractivity contribution is 6.35. The summed E-state index contributed by atoms with van der Waals surface area (Å²) < 4.78 is 0. The number of nitrogens with one attached hydrogen (secondary N) is 2. The summed E-state index contributed by atoms with van der Waals surface area (Å²) >= 11 is 18.7. The van der Waals surface area contributed by atoms with Crippen LogP contribution in [0.15, 0.2) is 42.5 Å². The Morgan fingerprint density at radius 1 is 1.04 bits per heavy atom. The van der Waals surface area contributed by atoms with E-state index in [4.69, 9.17) is 34.8 Å². The predicted octanol–water partition coefficient (Wildman–Crippen LogP) is 6.20. The molecule has 2 nitrogen and oxygen atoms in total. The first-order valence-corrected chi connectivity index (χ1v) is 9.09. The van der Waals surface area contributed by atoms with Gasteiger partial charge in [0, 0.05) is 16.6 Å². The summed E-state index contributed by atoms with van der Waals surface area (Å²) in [5.74, 6) is 0. The van der Waals surface area contributed by atoms with Crippen molar-refractivity contribution in [2.45, 2.75) is 19.4 Å². The maximum atomic E-state index is 6.38. The first kappa shape index (κ1) is 17.6. The molecule has 0 unspecified atom stereocenters. The lowest BCUT2D eigenvalue weighted by molar-refractivity contribution is 0.738. The molecule has 1 atom stereocenters. The molecular weight excluding hydrogens is 363 g/mol. The number of anilines is 1. The third kappa shape index (κ3) is 4.07. The molecule has 3 rings (SSSR count). The van der Waals surface area contributed by atoms with Crippen LogP contribution in [0.25, 0.3) is 5.57 Å². The summed E-state index contributed by atoms with van der Waals surface area (Å²) in [7, 11) is 0. The van der Waals surface area contributed by atoms with Crippen LogP contribution in [0.5, 0.6) is 0 Å². The van der Waals surface area contributed by atoms with Crippen molar-refractivity contribution in [2.24, 2.45) is 0 Å². The molecule has 2 aromatic rings. The van der Waals surface area contributed by atoms with E-state index >= 15 is 0 Å². The van der Waals surface area contributed by atoms with Crippen LogP contribution in [-0.4, -0.2) is 13.1 Å². The summed E-state index contributed by atoms with van der Waals surface area (Å²) in [5, 5.41) is 8.78. The van der Waals surface area contributed by atoms with E-state index < -0.39 is 0 Å². The van der Waals surface area contributed by atoms with Crippen molar-refractivity contribution in [2.75, 3.05) is 18.4 Å². The molecule has 2 N–H and O–H groups in total. The van der Waals surface area contributed by atoms with Gasteiger partial charge in [0.15, 0.2) is 0 Å². The molecule has 0 aromatic heterocycles. The zero-order chi connectivity index (χ0) is 17.1. The second-order valence-corrected chi connectivity index (χ2v) is 7.16. The number of hydrogen-bond donors (Lipinski definition) is 2. The number of halogens is 3. The third-order valence-corrected chi connectivity index (χ3v) is 5.09. The predicted molar refractivity (Wildman–Crippen MR) is 105 cm³/mol. The van der Waals surface area contributed by atoms with E-state index in [9.17, 15) is 0 Å². The molecule has 5 heteroatoms.